The number of nitrogens with one attached hydrogen (secondary N) is 1. The van der Waals surface area contributed by atoms with Gasteiger partial charge in [-0.3, -0.25) is 9.52 Å². The van der Waals surface area contributed by atoms with Crippen LogP contribution in [0, 0.1) is 0 Å². The molecule has 0 aliphatic carbocycles. The highest BCUT2D eigenvalue weighted by Gasteiger charge is 2.24. The maximum absolute atomic E-state index is 12.5. The van der Waals surface area contributed by atoms with E-state index < -0.39 is 27.9 Å². The highest BCUT2D eigenvalue weighted by Crippen LogP contribution is 2.29. The number of fused-ring (bicyclic) bond motifs is 1. The number of benzene rings is 2. The summed E-state index contributed by atoms with van der Waals surface area (Å²) in [6.45, 7) is 1.50. The predicted molar refractivity (Wildman–Crippen MR) is 110 cm³/mol. The van der Waals surface area contributed by atoms with Gasteiger partial charge in [0.15, 0.2) is 6.10 Å². The first-order valence-electron chi connectivity index (χ1n) is 8.58. The molecule has 0 fully saturated rings. The largest absolute Gasteiger partial charge is 0.488 e. The van der Waals surface area contributed by atoms with E-state index in [1.54, 1.807) is 24.3 Å². The van der Waals surface area contributed by atoms with Gasteiger partial charge in [-0.1, -0.05) is 11.6 Å². The molecule has 3 rings (SSSR count). The summed E-state index contributed by atoms with van der Waals surface area (Å²) in [5, 5.41) is 0.510. The lowest BCUT2D eigenvalue weighted by molar-refractivity contribution is -0.141. The molecule has 152 valence electrons. The highest BCUT2D eigenvalue weighted by molar-refractivity contribution is 7.92. The van der Waals surface area contributed by atoms with Gasteiger partial charge in [-0.05, 0) is 55.5 Å². The van der Waals surface area contributed by atoms with Crippen molar-refractivity contribution in [1.29, 1.82) is 0 Å². The van der Waals surface area contributed by atoms with Crippen molar-refractivity contribution in [1.82, 2.24) is 0 Å². The van der Waals surface area contributed by atoms with Gasteiger partial charge in [-0.25, -0.2) is 13.2 Å². The number of rotatable bonds is 6. The number of Topliss-reactive ketones (excluding diaryl/α,β-unsaturated/α-hetero) is 1. The molecule has 0 saturated carbocycles. The molecule has 0 saturated heterocycles. The van der Waals surface area contributed by atoms with Crippen molar-refractivity contribution in [2.75, 3.05) is 17.6 Å². The summed E-state index contributed by atoms with van der Waals surface area (Å²) in [6, 6.07) is 10.9. The number of esters is 1. The van der Waals surface area contributed by atoms with Crippen molar-refractivity contribution in [3.05, 3.63) is 64.2 Å². The fraction of sp³-hybridized carbons (Fsp3) is 0.200. The van der Waals surface area contributed by atoms with Crippen LogP contribution < -0.4 is 9.46 Å². The fourth-order valence-corrected chi connectivity index (χ4v) is 3.45. The second kappa shape index (κ2) is 8.26. The fourth-order valence-electron chi connectivity index (χ4n) is 2.71. The average Bonchev–Trinajstić information content (AvgIpc) is 2.66. The number of ether oxygens (including phenoxy) is 2. The third kappa shape index (κ3) is 5.36. The maximum atomic E-state index is 12.5. The molecule has 0 bridgehead atoms. The molecule has 2 aromatic rings. The van der Waals surface area contributed by atoms with Gasteiger partial charge in [0.25, 0.3) is 0 Å². The van der Waals surface area contributed by atoms with Crippen molar-refractivity contribution < 1.29 is 27.5 Å². The van der Waals surface area contributed by atoms with E-state index in [-0.39, 0.29) is 17.7 Å². The van der Waals surface area contributed by atoms with E-state index >= 15 is 0 Å². The summed E-state index contributed by atoms with van der Waals surface area (Å²) in [7, 11) is -3.41. The molecule has 9 heteroatoms. The number of carbonyl (C=O) groups is 2. The zero-order valence-electron chi connectivity index (χ0n) is 15.6. The van der Waals surface area contributed by atoms with Crippen LogP contribution in [-0.4, -0.2) is 39.1 Å². The van der Waals surface area contributed by atoms with Crippen molar-refractivity contribution in [3.63, 3.8) is 0 Å². The van der Waals surface area contributed by atoms with E-state index in [1.807, 2.05) is 0 Å². The van der Waals surface area contributed by atoms with Crippen LogP contribution >= 0.6 is 11.6 Å². The number of anilines is 1. The second-order valence-electron chi connectivity index (χ2n) is 6.50. The smallest absolute Gasteiger partial charge is 0.338 e. The van der Waals surface area contributed by atoms with E-state index in [0.717, 1.165) is 6.26 Å². The Hall–Kier alpha value is -2.84. The summed E-state index contributed by atoms with van der Waals surface area (Å²) in [5.41, 5.74) is 1.54. The second-order valence-corrected chi connectivity index (χ2v) is 8.69. The van der Waals surface area contributed by atoms with Crippen LogP contribution in [0.1, 0.15) is 22.8 Å². The van der Waals surface area contributed by atoms with Crippen LogP contribution in [0.25, 0.3) is 6.08 Å². The Morgan fingerprint density at radius 3 is 2.52 bits per heavy atom. The zero-order chi connectivity index (χ0) is 21.2. The van der Waals surface area contributed by atoms with Crippen molar-refractivity contribution in [3.8, 4) is 5.75 Å². The number of hydrogen-bond donors (Lipinski definition) is 1. The Balaban J connectivity index is 1.67. The minimum Gasteiger partial charge on any atom is -0.488 e. The molecule has 0 amide bonds. The van der Waals surface area contributed by atoms with Gasteiger partial charge in [0.05, 0.1) is 11.8 Å². The zero-order valence-corrected chi connectivity index (χ0v) is 17.2. The molecule has 1 heterocycles. The molecule has 2 aromatic carbocycles. The Morgan fingerprint density at radius 2 is 1.86 bits per heavy atom. The molecule has 7 nitrogen and oxygen atoms in total. The SMILES string of the molecule is C[C@@H](OC(=O)C1=Cc2cc(Cl)ccc2OC1)C(=O)c1ccc(NS(C)(=O)=O)cc1. The normalized spacial score (nSPS) is 14.1. The molecule has 0 unspecified atom stereocenters. The Kier molecular flexibility index (Phi) is 5.95. The number of ketones is 1. The van der Waals surface area contributed by atoms with Gasteiger partial charge in [-0.2, -0.15) is 0 Å². The van der Waals surface area contributed by atoms with Gasteiger partial charge >= 0.3 is 5.97 Å². The molecule has 1 aliphatic heterocycles. The van der Waals surface area contributed by atoms with Crippen molar-refractivity contribution in [2.45, 2.75) is 13.0 Å². The summed E-state index contributed by atoms with van der Waals surface area (Å²) in [5.74, 6) is -0.463. The maximum Gasteiger partial charge on any atom is 0.338 e. The summed E-state index contributed by atoms with van der Waals surface area (Å²) < 4.78 is 35.6. The molecule has 0 radical (unpaired) electrons. The lowest BCUT2D eigenvalue weighted by atomic mass is 10.1. The van der Waals surface area contributed by atoms with Gasteiger partial charge in [-0.15, -0.1) is 0 Å². The quantitative estimate of drug-likeness (QED) is 0.552. The highest BCUT2D eigenvalue weighted by atomic mass is 35.5. The lowest BCUT2D eigenvalue weighted by Gasteiger charge is -2.19. The van der Waals surface area contributed by atoms with Crippen LogP contribution in [0.2, 0.25) is 5.02 Å². The van der Waals surface area contributed by atoms with E-state index in [0.29, 0.717) is 22.0 Å². The predicted octanol–water partition coefficient (Wildman–Crippen LogP) is 3.30. The standard InChI is InChI=1S/C20H18ClNO6S/c1-12(19(23)13-3-6-17(7-4-13)22-29(2,25)26)28-20(24)15-9-14-10-16(21)5-8-18(14)27-11-15/h3-10,12,22H,11H2,1-2H3/t12-/m1/s1. The average molecular weight is 436 g/mol. The van der Waals surface area contributed by atoms with Crippen LogP contribution in [0.3, 0.4) is 0 Å². The first kappa shape index (κ1) is 20.9. The van der Waals surface area contributed by atoms with E-state index in [1.165, 1.54) is 31.2 Å². The Labute approximate surface area is 173 Å². The van der Waals surface area contributed by atoms with Crippen LogP contribution in [0.5, 0.6) is 5.75 Å². The van der Waals surface area contributed by atoms with Gasteiger partial charge in [0, 0.05) is 21.8 Å². The number of hydrogen-bond acceptors (Lipinski definition) is 6. The topological polar surface area (TPSA) is 98.8 Å². The van der Waals surface area contributed by atoms with Crippen molar-refractivity contribution >= 4 is 45.1 Å². The van der Waals surface area contributed by atoms with Crippen LogP contribution in [0.4, 0.5) is 5.69 Å². The first-order valence-corrected chi connectivity index (χ1v) is 10.9. The molecule has 29 heavy (non-hydrogen) atoms. The number of halogens is 1. The third-order valence-corrected chi connectivity index (χ3v) is 4.91. The Bertz CT molecular complexity index is 1090. The van der Waals surface area contributed by atoms with Crippen LogP contribution in [-0.2, 0) is 19.6 Å². The van der Waals surface area contributed by atoms with E-state index in [2.05, 4.69) is 4.72 Å². The van der Waals surface area contributed by atoms with Gasteiger partial charge in [0.2, 0.25) is 15.8 Å². The minimum atomic E-state index is -3.41. The van der Waals surface area contributed by atoms with E-state index in [4.69, 9.17) is 21.1 Å². The van der Waals surface area contributed by atoms with Gasteiger partial charge in [0.1, 0.15) is 12.4 Å². The molecule has 1 aliphatic rings. The molecular formula is C20H18ClNO6S. The lowest BCUT2D eigenvalue weighted by Crippen LogP contribution is -2.27. The van der Waals surface area contributed by atoms with Crippen molar-refractivity contribution in [2.24, 2.45) is 0 Å². The third-order valence-electron chi connectivity index (χ3n) is 4.07. The molecule has 0 spiro atoms. The first-order chi connectivity index (χ1) is 13.6. The van der Waals surface area contributed by atoms with E-state index in [9.17, 15) is 18.0 Å². The monoisotopic (exact) mass is 435 g/mol. The van der Waals surface area contributed by atoms with Gasteiger partial charge < -0.3 is 9.47 Å². The molecule has 0 aromatic heterocycles. The summed E-state index contributed by atoms with van der Waals surface area (Å²) in [4.78, 5) is 24.9. The molecular weight excluding hydrogens is 418 g/mol. The molecule has 1 atom stereocenters. The summed E-state index contributed by atoms with van der Waals surface area (Å²) in [6.07, 6.45) is 1.62. The minimum absolute atomic E-state index is 0.0280. The number of sulfonamides is 1. The number of carbonyl (C=O) groups excluding carboxylic acids is 2. The Morgan fingerprint density at radius 1 is 1.17 bits per heavy atom. The molecule has 1 N–H and O–H groups in total. The van der Waals surface area contributed by atoms with Crippen LogP contribution in [0.15, 0.2) is 48.0 Å². The summed E-state index contributed by atoms with van der Waals surface area (Å²) >= 11 is 5.96.